The first-order valence-electron chi connectivity index (χ1n) is 4.06. The molecule has 0 aliphatic rings. The normalized spacial score (nSPS) is 12.2. The van der Waals surface area contributed by atoms with Gasteiger partial charge in [-0.2, -0.15) is 0 Å². The molecule has 0 radical (unpaired) electrons. The first kappa shape index (κ1) is 11.6. The number of nitrogens with one attached hydrogen (secondary N) is 1. The summed E-state index contributed by atoms with van der Waals surface area (Å²) in [7, 11) is 0. The summed E-state index contributed by atoms with van der Waals surface area (Å²) in [4.78, 5) is 23.2. The number of rotatable bonds is 3. The predicted octanol–water partition coefficient (Wildman–Crippen LogP) is 2.06. The Hall–Kier alpha value is -0.430. The lowest BCUT2D eigenvalue weighted by atomic mass is 10.2. The Balaban J connectivity index is 2.69. The number of amides is 1. The van der Waals surface area contributed by atoms with Gasteiger partial charge in [-0.1, -0.05) is 0 Å². The van der Waals surface area contributed by atoms with Crippen molar-refractivity contribution < 1.29 is 9.59 Å². The molecule has 14 heavy (non-hydrogen) atoms. The van der Waals surface area contributed by atoms with Crippen molar-refractivity contribution in [3.63, 3.8) is 0 Å². The van der Waals surface area contributed by atoms with Crippen LogP contribution >= 0.6 is 33.9 Å². The van der Waals surface area contributed by atoms with Gasteiger partial charge in [0, 0.05) is 3.57 Å². The molecular formula is C9H10INO2S. The average molecular weight is 323 g/mol. The predicted molar refractivity (Wildman–Crippen MR) is 64.6 cm³/mol. The SMILES string of the molecule is CC(=O)C(C)NC(=O)c1sccc1I. The summed E-state index contributed by atoms with van der Waals surface area (Å²) < 4.78 is 0.917. The highest BCUT2D eigenvalue weighted by atomic mass is 127. The first-order valence-corrected chi connectivity index (χ1v) is 6.02. The van der Waals surface area contributed by atoms with E-state index in [-0.39, 0.29) is 11.7 Å². The summed E-state index contributed by atoms with van der Waals surface area (Å²) in [6, 6.07) is 1.46. The lowest BCUT2D eigenvalue weighted by Gasteiger charge is -2.09. The quantitative estimate of drug-likeness (QED) is 0.866. The third-order valence-corrected chi connectivity index (χ3v) is 3.96. The topological polar surface area (TPSA) is 46.2 Å². The van der Waals surface area contributed by atoms with Gasteiger partial charge in [-0.05, 0) is 47.9 Å². The van der Waals surface area contributed by atoms with Crippen molar-refractivity contribution >= 4 is 45.6 Å². The lowest BCUT2D eigenvalue weighted by molar-refractivity contribution is -0.118. The molecule has 0 fully saturated rings. The molecule has 0 aromatic carbocycles. The van der Waals surface area contributed by atoms with Gasteiger partial charge in [-0.3, -0.25) is 9.59 Å². The highest BCUT2D eigenvalue weighted by Crippen LogP contribution is 2.18. The number of halogens is 1. The van der Waals surface area contributed by atoms with Crippen molar-refractivity contribution in [3.8, 4) is 0 Å². The van der Waals surface area contributed by atoms with Gasteiger partial charge >= 0.3 is 0 Å². The van der Waals surface area contributed by atoms with E-state index in [2.05, 4.69) is 27.9 Å². The van der Waals surface area contributed by atoms with Crippen LogP contribution in [0.25, 0.3) is 0 Å². The molecule has 0 saturated carbocycles. The molecule has 76 valence electrons. The number of carbonyl (C=O) groups excluding carboxylic acids is 2. The maximum absolute atomic E-state index is 11.6. The van der Waals surface area contributed by atoms with E-state index in [4.69, 9.17) is 0 Å². The van der Waals surface area contributed by atoms with Gasteiger partial charge in [0.25, 0.3) is 5.91 Å². The third-order valence-electron chi connectivity index (χ3n) is 1.78. The number of hydrogen-bond acceptors (Lipinski definition) is 3. The summed E-state index contributed by atoms with van der Waals surface area (Å²) in [6.07, 6.45) is 0. The Morgan fingerprint density at radius 3 is 2.64 bits per heavy atom. The van der Waals surface area contributed by atoms with Crippen LogP contribution in [-0.2, 0) is 4.79 Å². The van der Waals surface area contributed by atoms with Crippen molar-refractivity contribution in [2.45, 2.75) is 19.9 Å². The van der Waals surface area contributed by atoms with Gasteiger partial charge in [0.15, 0.2) is 5.78 Å². The largest absolute Gasteiger partial charge is 0.342 e. The molecule has 1 rings (SSSR count). The Bertz CT molecular complexity index is 361. The molecule has 1 aromatic rings. The van der Waals surface area contributed by atoms with Crippen LogP contribution in [0.15, 0.2) is 11.4 Å². The van der Waals surface area contributed by atoms with E-state index >= 15 is 0 Å². The van der Waals surface area contributed by atoms with Crippen LogP contribution in [0, 0.1) is 3.57 Å². The van der Waals surface area contributed by atoms with Crippen molar-refractivity contribution in [2.24, 2.45) is 0 Å². The van der Waals surface area contributed by atoms with Crippen LogP contribution in [0.5, 0.6) is 0 Å². The number of Topliss-reactive ketones (excluding diaryl/α,β-unsaturated/α-hetero) is 1. The van der Waals surface area contributed by atoms with E-state index < -0.39 is 6.04 Å². The van der Waals surface area contributed by atoms with Gasteiger partial charge in [-0.15, -0.1) is 11.3 Å². The molecule has 0 spiro atoms. The van der Waals surface area contributed by atoms with Crippen molar-refractivity contribution in [1.82, 2.24) is 5.32 Å². The number of hydrogen-bond donors (Lipinski definition) is 1. The van der Waals surface area contributed by atoms with Crippen molar-refractivity contribution in [3.05, 3.63) is 19.9 Å². The molecule has 1 N–H and O–H groups in total. The van der Waals surface area contributed by atoms with Crippen LogP contribution in [0.2, 0.25) is 0 Å². The molecule has 5 heteroatoms. The second-order valence-electron chi connectivity index (χ2n) is 2.90. The van der Waals surface area contributed by atoms with Crippen molar-refractivity contribution in [2.75, 3.05) is 0 Å². The fourth-order valence-electron chi connectivity index (χ4n) is 0.820. The van der Waals surface area contributed by atoms with E-state index in [0.717, 1.165) is 3.57 Å². The third kappa shape index (κ3) is 2.78. The standard InChI is InChI=1S/C9H10INO2S/c1-5(6(2)12)11-9(13)8-7(10)3-4-14-8/h3-5H,1-2H3,(H,11,13). The monoisotopic (exact) mass is 323 g/mol. The molecule has 1 aromatic heterocycles. The van der Waals surface area contributed by atoms with Gasteiger partial charge in [-0.25, -0.2) is 0 Å². The molecule has 0 bridgehead atoms. The average Bonchev–Trinajstić information content (AvgIpc) is 2.51. The van der Waals surface area contributed by atoms with Crippen molar-refractivity contribution in [1.29, 1.82) is 0 Å². The van der Waals surface area contributed by atoms with Crippen LogP contribution in [0.4, 0.5) is 0 Å². The van der Waals surface area contributed by atoms with E-state index in [1.165, 1.54) is 18.3 Å². The molecule has 3 nitrogen and oxygen atoms in total. The zero-order valence-electron chi connectivity index (χ0n) is 7.83. The summed E-state index contributed by atoms with van der Waals surface area (Å²) in [5, 5.41) is 4.50. The fraction of sp³-hybridized carbons (Fsp3) is 0.333. The Morgan fingerprint density at radius 2 is 2.21 bits per heavy atom. The van der Waals surface area contributed by atoms with E-state index in [1.807, 2.05) is 11.4 Å². The van der Waals surface area contributed by atoms with E-state index in [9.17, 15) is 9.59 Å². The smallest absolute Gasteiger partial charge is 0.263 e. The van der Waals surface area contributed by atoms with E-state index in [1.54, 1.807) is 6.92 Å². The second kappa shape index (κ2) is 4.88. The summed E-state index contributed by atoms with van der Waals surface area (Å²) >= 11 is 3.48. The highest BCUT2D eigenvalue weighted by Gasteiger charge is 2.15. The number of carbonyl (C=O) groups is 2. The van der Waals surface area contributed by atoms with Gasteiger partial charge < -0.3 is 5.32 Å². The van der Waals surface area contributed by atoms with Gasteiger partial charge in [0.05, 0.1) is 6.04 Å². The van der Waals surface area contributed by atoms with Gasteiger partial charge in [0.2, 0.25) is 0 Å². The second-order valence-corrected chi connectivity index (χ2v) is 4.98. The maximum atomic E-state index is 11.6. The Labute approximate surface area is 100 Å². The highest BCUT2D eigenvalue weighted by molar-refractivity contribution is 14.1. The zero-order valence-corrected chi connectivity index (χ0v) is 10.8. The molecule has 0 saturated heterocycles. The van der Waals surface area contributed by atoms with Crippen LogP contribution in [-0.4, -0.2) is 17.7 Å². The maximum Gasteiger partial charge on any atom is 0.263 e. The summed E-state index contributed by atoms with van der Waals surface area (Å²) in [6.45, 7) is 3.14. The van der Waals surface area contributed by atoms with Crippen LogP contribution in [0.1, 0.15) is 23.5 Å². The number of thiophene rings is 1. The van der Waals surface area contributed by atoms with Gasteiger partial charge in [0.1, 0.15) is 4.88 Å². The minimum atomic E-state index is -0.416. The molecular weight excluding hydrogens is 313 g/mol. The van der Waals surface area contributed by atoms with Crippen LogP contribution in [0.3, 0.4) is 0 Å². The summed E-state index contributed by atoms with van der Waals surface area (Å²) in [5.74, 6) is -0.211. The fourth-order valence-corrected chi connectivity index (χ4v) is 2.56. The lowest BCUT2D eigenvalue weighted by Crippen LogP contribution is -2.37. The molecule has 1 unspecified atom stereocenters. The minimum absolute atomic E-state index is 0.0371. The Morgan fingerprint density at radius 1 is 1.57 bits per heavy atom. The molecule has 0 aliphatic carbocycles. The molecule has 1 heterocycles. The molecule has 1 amide bonds. The van der Waals surface area contributed by atoms with E-state index in [0.29, 0.717) is 4.88 Å². The van der Waals surface area contributed by atoms with Crippen LogP contribution < -0.4 is 5.32 Å². The Kier molecular flexibility index (Phi) is 4.06. The first-order chi connectivity index (χ1) is 6.52. The molecule has 0 aliphatic heterocycles. The minimum Gasteiger partial charge on any atom is -0.342 e. The zero-order chi connectivity index (χ0) is 10.7. The number of ketones is 1. The summed E-state index contributed by atoms with van der Waals surface area (Å²) in [5.41, 5.74) is 0. The molecule has 1 atom stereocenters.